The number of nitrogens with one attached hydrogen (secondary N) is 1. The van der Waals surface area contributed by atoms with Crippen LogP contribution >= 0.6 is 0 Å². The van der Waals surface area contributed by atoms with E-state index < -0.39 is 0 Å². The summed E-state index contributed by atoms with van der Waals surface area (Å²) in [4.78, 5) is 0. The zero-order chi connectivity index (χ0) is 10.4. The molecule has 1 aromatic rings. The number of hydrogen-bond acceptors (Lipinski definition) is 3. The number of ether oxygens (including phenoxy) is 1. The Bertz CT molecular complexity index is 256. The van der Waals surface area contributed by atoms with E-state index in [1.54, 1.807) is 13.4 Å². The molecule has 1 rings (SSSR count). The molecular weight excluding hydrogens is 178 g/mol. The smallest absolute Gasteiger partial charge is 0.133 e. The fourth-order valence-corrected chi connectivity index (χ4v) is 1.28. The van der Waals surface area contributed by atoms with E-state index in [1.807, 2.05) is 6.07 Å². The Morgan fingerprint density at radius 2 is 2.29 bits per heavy atom. The highest BCUT2D eigenvalue weighted by Crippen LogP contribution is 2.11. The van der Waals surface area contributed by atoms with Gasteiger partial charge in [0.25, 0.3) is 0 Å². The van der Waals surface area contributed by atoms with Gasteiger partial charge in [-0.15, -0.1) is 0 Å². The fourth-order valence-electron chi connectivity index (χ4n) is 1.28. The average Bonchev–Trinajstić information content (AvgIpc) is 2.53. The van der Waals surface area contributed by atoms with E-state index in [1.165, 1.54) is 5.56 Å². The van der Waals surface area contributed by atoms with Gasteiger partial charge in [-0.1, -0.05) is 13.8 Å². The average molecular weight is 197 g/mol. The first-order valence-electron chi connectivity index (χ1n) is 4.99. The molecule has 1 aromatic heterocycles. The van der Waals surface area contributed by atoms with Crippen LogP contribution in [0.2, 0.25) is 0 Å². The minimum absolute atomic E-state index is 0.547. The SMILES string of the molecule is COCc1occc1CNCC(C)C. The van der Waals surface area contributed by atoms with Crippen LogP contribution < -0.4 is 5.32 Å². The molecule has 14 heavy (non-hydrogen) atoms. The molecule has 0 amide bonds. The molecule has 0 aliphatic rings. The molecule has 0 aromatic carbocycles. The van der Waals surface area contributed by atoms with Crippen molar-refractivity contribution in [3.8, 4) is 0 Å². The zero-order valence-corrected chi connectivity index (χ0v) is 9.17. The van der Waals surface area contributed by atoms with Crippen molar-refractivity contribution in [3.05, 3.63) is 23.7 Å². The highest BCUT2D eigenvalue weighted by molar-refractivity contribution is 5.15. The Kier molecular flexibility index (Phi) is 4.70. The molecule has 0 atom stereocenters. The number of furan rings is 1. The van der Waals surface area contributed by atoms with E-state index in [4.69, 9.17) is 9.15 Å². The molecule has 1 heterocycles. The molecule has 0 saturated carbocycles. The summed E-state index contributed by atoms with van der Waals surface area (Å²) in [6.45, 7) is 6.81. The predicted molar refractivity (Wildman–Crippen MR) is 56.0 cm³/mol. The summed E-state index contributed by atoms with van der Waals surface area (Å²) in [5, 5.41) is 3.37. The van der Waals surface area contributed by atoms with Crippen molar-refractivity contribution in [2.75, 3.05) is 13.7 Å². The van der Waals surface area contributed by atoms with Crippen LogP contribution in [0.15, 0.2) is 16.7 Å². The van der Waals surface area contributed by atoms with Crippen LogP contribution in [-0.4, -0.2) is 13.7 Å². The molecule has 0 bridgehead atoms. The van der Waals surface area contributed by atoms with Crippen molar-refractivity contribution in [2.24, 2.45) is 5.92 Å². The summed E-state index contributed by atoms with van der Waals surface area (Å²) in [7, 11) is 1.67. The van der Waals surface area contributed by atoms with Gasteiger partial charge < -0.3 is 14.5 Å². The van der Waals surface area contributed by atoms with E-state index in [0.717, 1.165) is 18.8 Å². The number of rotatable bonds is 6. The normalized spacial score (nSPS) is 11.1. The third-order valence-electron chi connectivity index (χ3n) is 1.98. The Morgan fingerprint density at radius 3 is 2.93 bits per heavy atom. The Hall–Kier alpha value is -0.800. The van der Waals surface area contributed by atoms with E-state index in [9.17, 15) is 0 Å². The third kappa shape index (κ3) is 3.52. The van der Waals surface area contributed by atoms with Crippen molar-refractivity contribution in [3.63, 3.8) is 0 Å². The summed E-state index contributed by atoms with van der Waals surface area (Å²) in [5.74, 6) is 1.59. The van der Waals surface area contributed by atoms with Gasteiger partial charge >= 0.3 is 0 Å². The molecule has 0 saturated heterocycles. The second-order valence-corrected chi connectivity index (χ2v) is 3.83. The lowest BCUT2D eigenvalue weighted by molar-refractivity contribution is 0.163. The van der Waals surface area contributed by atoms with Crippen molar-refractivity contribution in [2.45, 2.75) is 27.0 Å². The van der Waals surface area contributed by atoms with Gasteiger partial charge in [-0.3, -0.25) is 0 Å². The Morgan fingerprint density at radius 1 is 1.50 bits per heavy atom. The molecule has 0 aliphatic carbocycles. The van der Waals surface area contributed by atoms with Gasteiger partial charge in [0.2, 0.25) is 0 Å². The first kappa shape index (κ1) is 11.3. The molecule has 1 N–H and O–H groups in total. The highest BCUT2D eigenvalue weighted by Gasteiger charge is 2.05. The van der Waals surface area contributed by atoms with E-state index >= 15 is 0 Å². The van der Waals surface area contributed by atoms with Gasteiger partial charge in [-0.25, -0.2) is 0 Å². The van der Waals surface area contributed by atoms with Crippen molar-refractivity contribution in [1.29, 1.82) is 0 Å². The second kappa shape index (κ2) is 5.83. The molecule has 0 spiro atoms. The molecular formula is C11H19NO2. The lowest BCUT2D eigenvalue weighted by atomic mass is 10.2. The van der Waals surface area contributed by atoms with Gasteiger partial charge in [0.1, 0.15) is 12.4 Å². The van der Waals surface area contributed by atoms with Gasteiger partial charge in [0, 0.05) is 19.2 Å². The van der Waals surface area contributed by atoms with Crippen LogP contribution in [0.25, 0.3) is 0 Å². The predicted octanol–water partition coefficient (Wildman–Crippen LogP) is 2.17. The zero-order valence-electron chi connectivity index (χ0n) is 9.17. The first-order valence-corrected chi connectivity index (χ1v) is 4.99. The maximum absolute atomic E-state index is 5.30. The van der Waals surface area contributed by atoms with Gasteiger partial charge in [0.05, 0.1) is 6.26 Å². The highest BCUT2D eigenvalue weighted by atomic mass is 16.5. The second-order valence-electron chi connectivity index (χ2n) is 3.83. The van der Waals surface area contributed by atoms with Crippen LogP contribution in [0.3, 0.4) is 0 Å². The van der Waals surface area contributed by atoms with Gasteiger partial charge in [-0.2, -0.15) is 0 Å². The van der Waals surface area contributed by atoms with Crippen molar-refractivity contribution >= 4 is 0 Å². The quantitative estimate of drug-likeness (QED) is 0.759. The van der Waals surface area contributed by atoms with E-state index in [0.29, 0.717) is 12.5 Å². The van der Waals surface area contributed by atoms with Crippen LogP contribution in [0, 0.1) is 5.92 Å². The lowest BCUT2D eigenvalue weighted by Crippen LogP contribution is -2.19. The molecule has 80 valence electrons. The van der Waals surface area contributed by atoms with E-state index in [2.05, 4.69) is 19.2 Å². The largest absolute Gasteiger partial charge is 0.467 e. The molecule has 0 aliphatic heterocycles. The van der Waals surface area contributed by atoms with Crippen molar-refractivity contribution < 1.29 is 9.15 Å². The van der Waals surface area contributed by atoms with Crippen LogP contribution in [-0.2, 0) is 17.9 Å². The van der Waals surface area contributed by atoms with Crippen LogP contribution in [0.5, 0.6) is 0 Å². The maximum atomic E-state index is 5.30. The first-order chi connectivity index (χ1) is 6.74. The van der Waals surface area contributed by atoms with Crippen LogP contribution in [0.1, 0.15) is 25.2 Å². The van der Waals surface area contributed by atoms with E-state index in [-0.39, 0.29) is 0 Å². The fraction of sp³-hybridized carbons (Fsp3) is 0.636. The standard InChI is InChI=1S/C11H19NO2/c1-9(2)6-12-7-10-4-5-14-11(10)8-13-3/h4-5,9,12H,6-8H2,1-3H3. The molecule has 0 unspecified atom stereocenters. The summed E-state index contributed by atoms with van der Waals surface area (Å²) < 4.78 is 10.3. The van der Waals surface area contributed by atoms with Gasteiger partial charge in [0.15, 0.2) is 0 Å². The molecule has 0 fully saturated rings. The van der Waals surface area contributed by atoms with Crippen molar-refractivity contribution in [1.82, 2.24) is 5.32 Å². The minimum atomic E-state index is 0.547. The molecule has 3 nitrogen and oxygen atoms in total. The minimum Gasteiger partial charge on any atom is -0.467 e. The van der Waals surface area contributed by atoms with Crippen LogP contribution in [0.4, 0.5) is 0 Å². The molecule has 0 radical (unpaired) electrons. The molecule has 3 heteroatoms. The summed E-state index contributed by atoms with van der Waals surface area (Å²) in [6, 6.07) is 1.99. The summed E-state index contributed by atoms with van der Waals surface area (Å²) in [6.07, 6.45) is 1.71. The number of methoxy groups -OCH3 is 1. The number of hydrogen-bond donors (Lipinski definition) is 1. The maximum Gasteiger partial charge on any atom is 0.133 e. The Labute approximate surface area is 85.4 Å². The summed E-state index contributed by atoms with van der Waals surface area (Å²) >= 11 is 0. The lowest BCUT2D eigenvalue weighted by Gasteiger charge is -2.06. The third-order valence-corrected chi connectivity index (χ3v) is 1.98. The summed E-state index contributed by atoms with van der Waals surface area (Å²) in [5.41, 5.74) is 1.19. The van der Waals surface area contributed by atoms with Gasteiger partial charge in [-0.05, 0) is 18.5 Å². The monoisotopic (exact) mass is 197 g/mol. The topological polar surface area (TPSA) is 34.4 Å². The Balaban J connectivity index is 2.37.